The molecule has 0 aliphatic rings. The molecule has 0 N–H and O–H groups in total. The maximum Gasteiger partial charge on any atom is 0.384 e. The predicted molar refractivity (Wildman–Crippen MR) is 135 cm³/mol. The van der Waals surface area contributed by atoms with Gasteiger partial charge in [-0.05, 0) is 23.3 Å². The predicted octanol–water partition coefficient (Wildman–Crippen LogP) is 8.05. The van der Waals surface area contributed by atoms with E-state index in [-0.39, 0.29) is 0 Å². The van der Waals surface area contributed by atoms with Crippen LogP contribution in [0.3, 0.4) is 0 Å². The summed E-state index contributed by atoms with van der Waals surface area (Å²) < 4.78 is 15.4. The molecule has 0 amide bonds. The van der Waals surface area contributed by atoms with Gasteiger partial charge in [0, 0.05) is 24.2 Å². The Kier molecular flexibility index (Phi) is 7.55. The summed E-state index contributed by atoms with van der Waals surface area (Å²) in [6.45, 7) is 5.95. The molecule has 0 heterocycles. The first-order valence-corrected chi connectivity index (χ1v) is 12.1. The first-order valence-electron chi connectivity index (χ1n) is 11.0. The normalized spacial score (nSPS) is 11.0. The van der Waals surface area contributed by atoms with E-state index in [2.05, 4.69) is 54.9 Å². The van der Waals surface area contributed by atoms with Crippen molar-refractivity contribution in [3.05, 3.63) is 109 Å². The van der Waals surface area contributed by atoms with Crippen molar-refractivity contribution >= 4 is 8.53 Å². The summed E-state index contributed by atoms with van der Waals surface area (Å²) >= 11 is 0. The van der Waals surface area contributed by atoms with Crippen molar-refractivity contribution in [3.8, 4) is 33.8 Å². The van der Waals surface area contributed by atoms with Crippen LogP contribution >= 0.6 is 8.53 Å². The van der Waals surface area contributed by atoms with Gasteiger partial charge in [-0.15, -0.1) is 0 Å². The summed E-state index contributed by atoms with van der Waals surface area (Å²) in [6, 6.07) is 37.0. The molecule has 0 saturated carbocycles. The minimum absolute atomic E-state index is 0.828. The number of para-hydroxylation sites is 2. The highest BCUT2D eigenvalue weighted by atomic mass is 31.2. The van der Waals surface area contributed by atoms with Gasteiger partial charge in [-0.2, -0.15) is 0 Å². The fourth-order valence-corrected chi connectivity index (χ4v) is 4.95. The molecular weight excluding hydrogens is 413 g/mol. The molecule has 0 aliphatic heterocycles. The van der Waals surface area contributed by atoms with Crippen molar-refractivity contribution in [2.75, 3.05) is 13.1 Å². The van der Waals surface area contributed by atoms with Crippen LogP contribution in [0.2, 0.25) is 0 Å². The van der Waals surface area contributed by atoms with Crippen molar-refractivity contribution < 1.29 is 9.05 Å². The minimum Gasteiger partial charge on any atom is -0.426 e. The Bertz CT molecular complexity index is 1030. The van der Waals surface area contributed by atoms with Gasteiger partial charge < -0.3 is 9.05 Å². The first kappa shape index (κ1) is 22.1. The van der Waals surface area contributed by atoms with Crippen LogP contribution in [0.25, 0.3) is 22.3 Å². The van der Waals surface area contributed by atoms with E-state index in [0.29, 0.717) is 0 Å². The Morgan fingerprint density at radius 1 is 0.531 bits per heavy atom. The van der Waals surface area contributed by atoms with Gasteiger partial charge in [0.2, 0.25) is 0 Å². The largest absolute Gasteiger partial charge is 0.426 e. The van der Waals surface area contributed by atoms with Gasteiger partial charge in [0.15, 0.2) is 0 Å². The summed E-state index contributed by atoms with van der Waals surface area (Å²) in [7, 11) is -1.36. The van der Waals surface area contributed by atoms with E-state index < -0.39 is 8.53 Å². The third kappa shape index (κ3) is 5.19. The zero-order valence-corrected chi connectivity index (χ0v) is 19.4. The summed E-state index contributed by atoms with van der Waals surface area (Å²) in [4.78, 5) is 0. The lowest BCUT2D eigenvalue weighted by Gasteiger charge is -2.28. The van der Waals surface area contributed by atoms with E-state index in [1.807, 2.05) is 72.8 Å². The lowest BCUT2D eigenvalue weighted by molar-refractivity contribution is 0.373. The van der Waals surface area contributed by atoms with Crippen molar-refractivity contribution in [2.24, 2.45) is 0 Å². The average molecular weight is 442 g/mol. The van der Waals surface area contributed by atoms with Gasteiger partial charge in [-0.25, -0.2) is 4.67 Å². The van der Waals surface area contributed by atoms with Gasteiger partial charge in [0.25, 0.3) is 0 Å². The molecule has 0 radical (unpaired) electrons. The molecule has 0 spiro atoms. The maximum atomic E-state index is 6.61. The zero-order valence-electron chi connectivity index (χ0n) is 18.5. The highest BCUT2D eigenvalue weighted by Gasteiger charge is 2.25. The third-order valence-electron chi connectivity index (χ3n) is 5.26. The Labute approximate surface area is 192 Å². The summed E-state index contributed by atoms with van der Waals surface area (Å²) in [5, 5.41) is 0. The van der Waals surface area contributed by atoms with E-state index in [1.165, 1.54) is 0 Å². The van der Waals surface area contributed by atoms with Gasteiger partial charge in [0.05, 0.1) is 0 Å². The molecule has 4 aromatic carbocycles. The topological polar surface area (TPSA) is 21.7 Å². The standard InChI is InChI=1S/C28H28NO2P/c1-3-29(4-2)32(30-27-21-13-11-19-25(27)23-15-7-5-8-16-23)31-28-22-14-12-20-26(28)24-17-9-6-10-18-24/h5-22H,3-4H2,1-2H3. The lowest BCUT2D eigenvalue weighted by atomic mass is 10.1. The van der Waals surface area contributed by atoms with Crippen LogP contribution in [0.1, 0.15) is 13.8 Å². The van der Waals surface area contributed by atoms with Crippen LogP contribution in [0, 0.1) is 0 Å². The van der Waals surface area contributed by atoms with Gasteiger partial charge in [-0.3, -0.25) is 0 Å². The molecule has 0 aromatic heterocycles. The summed E-state index contributed by atoms with van der Waals surface area (Å²) in [5.74, 6) is 1.66. The molecule has 4 heteroatoms. The molecule has 4 aromatic rings. The molecule has 0 saturated heterocycles. The van der Waals surface area contributed by atoms with Crippen LogP contribution in [0.4, 0.5) is 0 Å². The number of hydrogen-bond acceptors (Lipinski definition) is 3. The monoisotopic (exact) mass is 441 g/mol. The third-order valence-corrected chi connectivity index (χ3v) is 6.99. The van der Waals surface area contributed by atoms with Crippen molar-refractivity contribution in [1.29, 1.82) is 0 Å². The molecule has 0 aliphatic carbocycles. The second kappa shape index (κ2) is 10.9. The second-order valence-corrected chi connectivity index (χ2v) is 8.69. The van der Waals surface area contributed by atoms with Crippen LogP contribution < -0.4 is 9.05 Å². The molecular formula is C28H28NO2P. The molecule has 0 atom stereocenters. The van der Waals surface area contributed by atoms with Crippen molar-refractivity contribution in [2.45, 2.75) is 13.8 Å². The minimum atomic E-state index is -1.36. The number of hydrogen-bond donors (Lipinski definition) is 0. The van der Waals surface area contributed by atoms with Gasteiger partial charge in [-0.1, -0.05) is 111 Å². The smallest absolute Gasteiger partial charge is 0.384 e. The van der Waals surface area contributed by atoms with E-state index >= 15 is 0 Å². The van der Waals surface area contributed by atoms with Crippen LogP contribution in [0.5, 0.6) is 11.5 Å². The Morgan fingerprint density at radius 2 is 0.906 bits per heavy atom. The fraction of sp³-hybridized carbons (Fsp3) is 0.143. The first-order chi connectivity index (χ1) is 15.8. The fourth-order valence-electron chi connectivity index (χ4n) is 3.56. The molecule has 0 bridgehead atoms. The summed E-state index contributed by atoms with van der Waals surface area (Å²) in [6.07, 6.45) is 0. The van der Waals surface area contributed by atoms with Gasteiger partial charge in [0.1, 0.15) is 11.5 Å². The highest BCUT2D eigenvalue weighted by Crippen LogP contribution is 2.48. The van der Waals surface area contributed by atoms with Crippen molar-refractivity contribution in [3.63, 3.8) is 0 Å². The second-order valence-electron chi connectivity index (χ2n) is 7.28. The van der Waals surface area contributed by atoms with Crippen LogP contribution in [-0.4, -0.2) is 17.8 Å². The molecule has 162 valence electrons. The van der Waals surface area contributed by atoms with Crippen LogP contribution in [0.15, 0.2) is 109 Å². The average Bonchev–Trinajstić information content (AvgIpc) is 2.86. The summed E-state index contributed by atoms with van der Waals surface area (Å²) in [5.41, 5.74) is 4.38. The highest BCUT2D eigenvalue weighted by molar-refractivity contribution is 7.45. The van der Waals surface area contributed by atoms with Crippen LogP contribution in [-0.2, 0) is 0 Å². The quantitative estimate of drug-likeness (QED) is 0.245. The van der Waals surface area contributed by atoms with Gasteiger partial charge >= 0.3 is 8.53 Å². The number of rotatable bonds is 9. The van der Waals surface area contributed by atoms with E-state index in [0.717, 1.165) is 46.8 Å². The molecule has 0 unspecified atom stereocenters. The Morgan fingerprint density at radius 3 is 1.31 bits per heavy atom. The number of nitrogens with zero attached hydrogens (tertiary/aromatic N) is 1. The van der Waals surface area contributed by atoms with E-state index in [4.69, 9.17) is 9.05 Å². The maximum absolute atomic E-state index is 6.61. The number of benzene rings is 4. The lowest BCUT2D eigenvalue weighted by Crippen LogP contribution is -2.22. The Balaban J connectivity index is 1.68. The molecule has 0 fully saturated rings. The van der Waals surface area contributed by atoms with E-state index in [9.17, 15) is 0 Å². The molecule has 3 nitrogen and oxygen atoms in total. The Hall–Kier alpha value is -3.13. The van der Waals surface area contributed by atoms with E-state index in [1.54, 1.807) is 0 Å². The zero-order chi connectivity index (χ0) is 22.2. The SMILES string of the molecule is CCN(CC)P(Oc1ccccc1-c1ccccc1)Oc1ccccc1-c1ccccc1. The molecule has 4 rings (SSSR count). The van der Waals surface area contributed by atoms with Crippen molar-refractivity contribution in [1.82, 2.24) is 4.67 Å². The molecule has 32 heavy (non-hydrogen) atoms.